The molecule has 0 bridgehead atoms. The molecular weight excluding hydrogens is 279 g/mol. The fourth-order valence-corrected chi connectivity index (χ4v) is 2.36. The van der Waals surface area contributed by atoms with Crippen LogP contribution in [0.15, 0.2) is 30.5 Å². The summed E-state index contributed by atoms with van der Waals surface area (Å²) in [7, 11) is 1.79. The van der Waals surface area contributed by atoms with Crippen molar-refractivity contribution in [2.24, 2.45) is 0 Å². The summed E-state index contributed by atoms with van der Waals surface area (Å²) < 4.78 is 39.0. The summed E-state index contributed by atoms with van der Waals surface area (Å²) in [5.41, 5.74) is 2.47. The first kappa shape index (κ1) is 15.6. The Balaban J connectivity index is 2.21. The number of aromatic nitrogens is 2. The summed E-state index contributed by atoms with van der Waals surface area (Å²) in [4.78, 5) is 0. The highest BCUT2D eigenvalue weighted by atomic mass is 19.4. The molecule has 0 fully saturated rings. The molecule has 6 heteroatoms. The van der Waals surface area contributed by atoms with E-state index in [9.17, 15) is 13.2 Å². The number of hydrogen-bond donors (Lipinski definition) is 1. The minimum Gasteiger partial charge on any atom is -0.311 e. The van der Waals surface area contributed by atoms with Crippen LogP contribution in [-0.4, -0.2) is 16.8 Å². The molecule has 1 heterocycles. The van der Waals surface area contributed by atoms with Gasteiger partial charge in [0, 0.05) is 6.20 Å². The van der Waals surface area contributed by atoms with Crippen LogP contribution < -0.4 is 5.32 Å². The van der Waals surface area contributed by atoms with Gasteiger partial charge >= 0.3 is 6.18 Å². The SMILES string of the molecule is CNC(Cn1ccc(C(F)(F)F)n1)c1ccc(C)cc1C. The van der Waals surface area contributed by atoms with Gasteiger partial charge in [-0.15, -0.1) is 0 Å². The summed E-state index contributed by atoms with van der Waals surface area (Å²) >= 11 is 0. The number of benzene rings is 1. The lowest BCUT2D eigenvalue weighted by Crippen LogP contribution is -2.23. The summed E-state index contributed by atoms with van der Waals surface area (Å²) in [5.74, 6) is 0. The maximum absolute atomic E-state index is 12.6. The Labute approximate surface area is 121 Å². The quantitative estimate of drug-likeness (QED) is 0.936. The third-order valence-electron chi connectivity index (χ3n) is 3.45. The second-order valence-corrected chi connectivity index (χ2v) is 5.12. The number of hydrogen-bond acceptors (Lipinski definition) is 2. The lowest BCUT2D eigenvalue weighted by Gasteiger charge is -2.19. The van der Waals surface area contributed by atoms with Gasteiger partial charge in [-0.2, -0.15) is 18.3 Å². The normalized spacial score (nSPS) is 13.4. The van der Waals surface area contributed by atoms with Crippen LogP contribution in [0, 0.1) is 13.8 Å². The first-order valence-corrected chi connectivity index (χ1v) is 6.66. The van der Waals surface area contributed by atoms with E-state index in [-0.39, 0.29) is 6.04 Å². The third-order valence-corrected chi connectivity index (χ3v) is 3.45. The van der Waals surface area contributed by atoms with Crippen LogP contribution in [0.1, 0.15) is 28.4 Å². The Hall–Kier alpha value is -1.82. The molecule has 2 aromatic rings. The predicted octanol–water partition coefficient (Wildman–Crippen LogP) is 3.48. The van der Waals surface area contributed by atoms with Gasteiger partial charge < -0.3 is 5.32 Å². The van der Waals surface area contributed by atoms with Gasteiger partial charge in [0.2, 0.25) is 0 Å². The Bertz CT molecular complexity index is 617. The van der Waals surface area contributed by atoms with Crippen LogP contribution in [-0.2, 0) is 12.7 Å². The van der Waals surface area contributed by atoms with Crippen LogP contribution >= 0.6 is 0 Å². The zero-order valence-electron chi connectivity index (χ0n) is 12.2. The molecule has 0 amide bonds. The molecule has 1 N–H and O–H groups in total. The predicted molar refractivity (Wildman–Crippen MR) is 74.9 cm³/mol. The van der Waals surface area contributed by atoms with Crippen LogP contribution in [0.3, 0.4) is 0 Å². The lowest BCUT2D eigenvalue weighted by molar-refractivity contribution is -0.141. The Morgan fingerprint density at radius 3 is 2.48 bits per heavy atom. The van der Waals surface area contributed by atoms with E-state index in [1.165, 1.54) is 10.9 Å². The molecule has 1 aromatic heterocycles. The fourth-order valence-electron chi connectivity index (χ4n) is 2.36. The van der Waals surface area contributed by atoms with Gasteiger partial charge in [-0.1, -0.05) is 23.8 Å². The van der Waals surface area contributed by atoms with Crippen molar-refractivity contribution >= 4 is 0 Å². The molecule has 1 aromatic carbocycles. The number of likely N-dealkylation sites (N-methyl/N-ethyl adjacent to an activating group) is 1. The van der Waals surface area contributed by atoms with Gasteiger partial charge in [0.15, 0.2) is 5.69 Å². The van der Waals surface area contributed by atoms with Crippen molar-refractivity contribution in [1.82, 2.24) is 15.1 Å². The fraction of sp³-hybridized carbons (Fsp3) is 0.400. The lowest BCUT2D eigenvalue weighted by atomic mass is 9.99. The maximum atomic E-state index is 12.6. The third kappa shape index (κ3) is 3.64. The van der Waals surface area contributed by atoms with Crippen LogP contribution in [0.25, 0.3) is 0 Å². The number of alkyl halides is 3. The van der Waals surface area contributed by atoms with Crippen molar-refractivity contribution in [3.63, 3.8) is 0 Å². The van der Waals surface area contributed by atoms with Crippen molar-refractivity contribution in [2.45, 2.75) is 32.6 Å². The van der Waals surface area contributed by atoms with Gasteiger partial charge in [-0.05, 0) is 38.1 Å². The first-order chi connectivity index (χ1) is 9.81. The number of aryl methyl sites for hydroxylation is 2. The van der Waals surface area contributed by atoms with Crippen LogP contribution in [0.2, 0.25) is 0 Å². The molecule has 0 aliphatic rings. The highest BCUT2D eigenvalue weighted by Crippen LogP contribution is 2.28. The van der Waals surface area contributed by atoms with E-state index < -0.39 is 11.9 Å². The molecule has 1 unspecified atom stereocenters. The van der Waals surface area contributed by atoms with E-state index in [0.717, 1.165) is 22.8 Å². The van der Waals surface area contributed by atoms with E-state index in [1.807, 2.05) is 26.0 Å². The molecule has 0 radical (unpaired) electrons. The smallest absolute Gasteiger partial charge is 0.311 e. The second kappa shape index (κ2) is 5.89. The minimum absolute atomic E-state index is 0.0911. The number of halogens is 3. The van der Waals surface area contributed by atoms with Gasteiger partial charge in [0.05, 0.1) is 12.6 Å². The second-order valence-electron chi connectivity index (χ2n) is 5.12. The molecule has 21 heavy (non-hydrogen) atoms. The van der Waals surface area contributed by atoms with Crippen molar-refractivity contribution < 1.29 is 13.2 Å². The zero-order chi connectivity index (χ0) is 15.6. The summed E-state index contributed by atoms with van der Waals surface area (Å²) in [6.07, 6.45) is -3.04. The Morgan fingerprint density at radius 2 is 1.95 bits per heavy atom. The molecule has 0 saturated heterocycles. The van der Waals surface area contributed by atoms with Gasteiger partial charge in [0.1, 0.15) is 0 Å². The molecule has 3 nitrogen and oxygen atoms in total. The first-order valence-electron chi connectivity index (χ1n) is 6.66. The van der Waals surface area contributed by atoms with E-state index in [4.69, 9.17) is 0 Å². The van der Waals surface area contributed by atoms with E-state index in [1.54, 1.807) is 7.05 Å². The highest BCUT2D eigenvalue weighted by molar-refractivity contribution is 5.32. The Morgan fingerprint density at radius 1 is 1.24 bits per heavy atom. The largest absolute Gasteiger partial charge is 0.435 e. The summed E-state index contributed by atoms with van der Waals surface area (Å²) in [6.45, 7) is 4.35. The van der Waals surface area contributed by atoms with Crippen LogP contribution in [0.4, 0.5) is 13.2 Å². The molecular formula is C15H18F3N3. The standard InChI is InChI=1S/C15H18F3N3/c1-10-4-5-12(11(2)8-10)13(19-3)9-21-7-6-14(20-21)15(16,17)18/h4-8,13,19H,9H2,1-3H3. The Kier molecular flexibility index (Phi) is 4.37. The van der Waals surface area contributed by atoms with Crippen molar-refractivity contribution in [3.8, 4) is 0 Å². The van der Waals surface area contributed by atoms with E-state index in [2.05, 4.69) is 16.5 Å². The topological polar surface area (TPSA) is 29.9 Å². The molecule has 114 valence electrons. The van der Waals surface area contributed by atoms with Gasteiger partial charge in [-0.3, -0.25) is 4.68 Å². The zero-order valence-corrected chi connectivity index (χ0v) is 12.2. The average molecular weight is 297 g/mol. The maximum Gasteiger partial charge on any atom is 0.435 e. The van der Waals surface area contributed by atoms with Gasteiger partial charge in [-0.25, -0.2) is 0 Å². The van der Waals surface area contributed by atoms with Crippen molar-refractivity contribution in [2.75, 3.05) is 7.05 Å². The average Bonchev–Trinajstić information content (AvgIpc) is 2.85. The van der Waals surface area contributed by atoms with Crippen LogP contribution in [0.5, 0.6) is 0 Å². The molecule has 2 rings (SSSR count). The summed E-state index contributed by atoms with van der Waals surface area (Å²) in [6, 6.07) is 6.96. The number of nitrogens with zero attached hydrogens (tertiary/aromatic N) is 2. The van der Waals surface area contributed by atoms with E-state index >= 15 is 0 Å². The highest BCUT2D eigenvalue weighted by Gasteiger charge is 2.33. The summed E-state index contributed by atoms with van der Waals surface area (Å²) in [5, 5.41) is 6.73. The number of nitrogens with one attached hydrogen (secondary N) is 1. The van der Waals surface area contributed by atoms with Crippen molar-refractivity contribution in [3.05, 3.63) is 52.8 Å². The van der Waals surface area contributed by atoms with E-state index in [0.29, 0.717) is 6.54 Å². The molecule has 1 atom stereocenters. The molecule has 0 aliphatic carbocycles. The molecule has 0 saturated carbocycles. The molecule has 0 spiro atoms. The molecule has 0 aliphatic heterocycles. The minimum atomic E-state index is -4.40. The van der Waals surface area contributed by atoms with Crippen molar-refractivity contribution in [1.29, 1.82) is 0 Å². The number of rotatable bonds is 4. The monoisotopic (exact) mass is 297 g/mol. The van der Waals surface area contributed by atoms with Gasteiger partial charge in [0.25, 0.3) is 0 Å².